The Balaban J connectivity index is 1.85. The average Bonchev–Trinajstić information content (AvgIpc) is 2.99. The van der Waals surface area contributed by atoms with Gasteiger partial charge in [-0.1, -0.05) is 6.92 Å². The van der Waals surface area contributed by atoms with Crippen LogP contribution in [0, 0.1) is 0 Å². The lowest BCUT2D eigenvalue weighted by atomic mass is 10.1. The van der Waals surface area contributed by atoms with Crippen molar-refractivity contribution in [1.29, 1.82) is 0 Å². The van der Waals surface area contributed by atoms with Gasteiger partial charge in [-0.05, 0) is 19.4 Å². The molecule has 2 N–H and O–H groups in total. The third kappa shape index (κ3) is 3.54. The molecular formula is C13H24N4O. The summed E-state index contributed by atoms with van der Waals surface area (Å²) >= 11 is 0. The maximum absolute atomic E-state index is 6.22. The van der Waals surface area contributed by atoms with E-state index in [1.54, 1.807) is 4.68 Å². The fourth-order valence-corrected chi connectivity index (χ4v) is 2.42. The fourth-order valence-electron chi connectivity index (χ4n) is 2.42. The molecule has 1 saturated heterocycles. The number of rotatable bonds is 6. The summed E-state index contributed by atoms with van der Waals surface area (Å²) < 4.78 is 7.47. The quantitative estimate of drug-likeness (QED) is 0.818. The number of likely N-dealkylation sites (N-methyl/N-ethyl adjacent to an activating group) is 1. The lowest BCUT2D eigenvalue weighted by molar-refractivity contribution is 0.0729. The molecule has 18 heavy (non-hydrogen) atoms. The number of aromatic nitrogens is 2. The summed E-state index contributed by atoms with van der Waals surface area (Å²) in [6, 6.07) is 0.0278. The highest BCUT2D eigenvalue weighted by atomic mass is 16.5. The molecule has 0 aliphatic carbocycles. The normalized spacial score (nSPS) is 21.7. The Kier molecular flexibility index (Phi) is 4.74. The monoisotopic (exact) mass is 252 g/mol. The minimum Gasteiger partial charge on any atom is -0.377 e. The highest BCUT2D eigenvalue weighted by molar-refractivity contribution is 5.09. The fraction of sp³-hybridized carbons (Fsp3) is 0.769. The number of nitrogens with two attached hydrogens (primary N) is 1. The van der Waals surface area contributed by atoms with Crippen molar-refractivity contribution in [3.63, 3.8) is 0 Å². The Morgan fingerprint density at radius 2 is 2.50 bits per heavy atom. The van der Waals surface area contributed by atoms with Crippen molar-refractivity contribution >= 4 is 0 Å². The summed E-state index contributed by atoms with van der Waals surface area (Å²) in [5.41, 5.74) is 7.32. The van der Waals surface area contributed by atoms with Gasteiger partial charge < -0.3 is 10.5 Å². The lowest BCUT2D eigenvalue weighted by Crippen LogP contribution is -2.37. The van der Waals surface area contributed by atoms with Crippen LogP contribution in [0.1, 0.15) is 31.4 Å². The second-order valence-electron chi connectivity index (χ2n) is 5.04. The van der Waals surface area contributed by atoms with Crippen LogP contribution in [0.25, 0.3) is 0 Å². The molecule has 2 atom stereocenters. The van der Waals surface area contributed by atoms with E-state index in [9.17, 15) is 0 Å². The molecule has 0 saturated carbocycles. The van der Waals surface area contributed by atoms with Crippen molar-refractivity contribution in [3.05, 3.63) is 18.0 Å². The van der Waals surface area contributed by atoms with Crippen LogP contribution in [0.2, 0.25) is 0 Å². The van der Waals surface area contributed by atoms with Crippen LogP contribution in [-0.4, -0.2) is 47.0 Å². The smallest absolute Gasteiger partial charge is 0.0702 e. The molecule has 1 fully saturated rings. The Bertz CT molecular complexity index is 360. The van der Waals surface area contributed by atoms with Gasteiger partial charge in [-0.25, -0.2) is 0 Å². The zero-order chi connectivity index (χ0) is 13.0. The maximum atomic E-state index is 6.22. The summed E-state index contributed by atoms with van der Waals surface area (Å²) in [6.07, 6.45) is 6.61. The van der Waals surface area contributed by atoms with Gasteiger partial charge in [-0.3, -0.25) is 9.58 Å². The summed E-state index contributed by atoms with van der Waals surface area (Å²) in [6.45, 7) is 5.95. The molecule has 0 radical (unpaired) electrons. The predicted octanol–water partition coefficient (Wildman–Crippen LogP) is 0.921. The van der Waals surface area contributed by atoms with E-state index in [0.717, 1.165) is 31.8 Å². The number of hydrogen-bond donors (Lipinski definition) is 1. The third-order valence-electron chi connectivity index (χ3n) is 3.54. The van der Waals surface area contributed by atoms with Gasteiger partial charge in [0, 0.05) is 44.5 Å². The number of aryl methyl sites for hydroxylation is 1. The van der Waals surface area contributed by atoms with E-state index >= 15 is 0 Å². The first-order chi connectivity index (χ1) is 8.69. The summed E-state index contributed by atoms with van der Waals surface area (Å²) in [7, 11) is 1.92. The molecule has 1 aromatic rings. The van der Waals surface area contributed by atoms with Crippen LogP contribution >= 0.6 is 0 Å². The first-order valence-electron chi connectivity index (χ1n) is 6.77. The highest BCUT2D eigenvalue weighted by Crippen LogP contribution is 2.15. The molecule has 2 rings (SSSR count). The molecular weight excluding hydrogens is 228 g/mol. The van der Waals surface area contributed by atoms with Crippen LogP contribution in [0.4, 0.5) is 0 Å². The van der Waals surface area contributed by atoms with Gasteiger partial charge in [0.1, 0.15) is 0 Å². The van der Waals surface area contributed by atoms with E-state index in [1.165, 1.54) is 12.8 Å². The van der Waals surface area contributed by atoms with E-state index in [1.807, 2.05) is 19.4 Å². The number of nitrogens with zero attached hydrogens (tertiary/aromatic N) is 3. The van der Waals surface area contributed by atoms with Crippen molar-refractivity contribution in [2.45, 2.75) is 31.9 Å². The molecule has 1 aromatic heterocycles. The predicted molar refractivity (Wildman–Crippen MR) is 71.2 cm³/mol. The van der Waals surface area contributed by atoms with E-state index in [4.69, 9.17) is 10.5 Å². The van der Waals surface area contributed by atoms with E-state index in [-0.39, 0.29) is 6.04 Å². The molecule has 5 heteroatoms. The van der Waals surface area contributed by atoms with Crippen LogP contribution in [0.3, 0.4) is 0 Å². The van der Waals surface area contributed by atoms with Gasteiger partial charge in [0.25, 0.3) is 0 Å². The average molecular weight is 252 g/mol. The van der Waals surface area contributed by atoms with E-state index in [2.05, 4.69) is 16.9 Å². The van der Waals surface area contributed by atoms with Gasteiger partial charge in [-0.2, -0.15) is 5.10 Å². The molecule has 2 unspecified atom stereocenters. The van der Waals surface area contributed by atoms with Crippen LogP contribution < -0.4 is 5.73 Å². The largest absolute Gasteiger partial charge is 0.377 e. The molecule has 0 bridgehead atoms. The minimum absolute atomic E-state index is 0.0278. The van der Waals surface area contributed by atoms with Crippen LogP contribution in [-0.2, 0) is 11.8 Å². The van der Waals surface area contributed by atoms with E-state index < -0.39 is 0 Å². The first-order valence-corrected chi connectivity index (χ1v) is 6.77. The second kappa shape index (κ2) is 6.31. The molecule has 1 aliphatic heterocycles. The van der Waals surface area contributed by atoms with Crippen molar-refractivity contribution in [2.24, 2.45) is 12.8 Å². The second-order valence-corrected chi connectivity index (χ2v) is 5.04. The van der Waals surface area contributed by atoms with E-state index in [0.29, 0.717) is 6.10 Å². The van der Waals surface area contributed by atoms with Crippen molar-refractivity contribution in [3.8, 4) is 0 Å². The van der Waals surface area contributed by atoms with Crippen molar-refractivity contribution < 1.29 is 4.74 Å². The van der Waals surface area contributed by atoms with Crippen molar-refractivity contribution in [2.75, 3.05) is 26.2 Å². The van der Waals surface area contributed by atoms with Gasteiger partial charge in [0.05, 0.1) is 12.3 Å². The van der Waals surface area contributed by atoms with Gasteiger partial charge in [-0.15, -0.1) is 0 Å². The van der Waals surface area contributed by atoms with Crippen LogP contribution in [0.5, 0.6) is 0 Å². The van der Waals surface area contributed by atoms with Gasteiger partial charge in [0.15, 0.2) is 0 Å². The Morgan fingerprint density at radius 1 is 1.67 bits per heavy atom. The summed E-state index contributed by atoms with van der Waals surface area (Å²) in [4.78, 5) is 2.37. The Labute approximate surface area is 109 Å². The van der Waals surface area contributed by atoms with Gasteiger partial charge >= 0.3 is 0 Å². The number of ether oxygens (including phenoxy) is 1. The molecule has 102 valence electrons. The first kappa shape index (κ1) is 13.5. The molecule has 0 spiro atoms. The maximum Gasteiger partial charge on any atom is 0.0702 e. The summed E-state index contributed by atoms with van der Waals surface area (Å²) in [5, 5.41) is 4.17. The zero-order valence-corrected chi connectivity index (χ0v) is 11.4. The minimum atomic E-state index is 0.0278. The Hall–Kier alpha value is -0.910. The summed E-state index contributed by atoms with van der Waals surface area (Å²) in [5.74, 6) is 0. The van der Waals surface area contributed by atoms with Crippen molar-refractivity contribution in [1.82, 2.24) is 14.7 Å². The zero-order valence-electron chi connectivity index (χ0n) is 11.4. The molecule has 1 aliphatic rings. The van der Waals surface area contributed by atoms with Crippen LogP contribution in [0.15, 0.2) is 12.4 Å². The SMILES string of the molecule is CCN(CC1CCCO1)CC(N)c1cnn(C)c1. The topological polar surface area (TPSA) is 56.3 Å². The molecule has 5 nitrogen and oxygen atoms in total. The standard InChI is InChI=1S/C13H24N4O/c1-3-17(9-12-5-4-6-18-12)10-13(14)11-7-15-16(2)8-11/h7-8,12-13H,3-6,9-10,14H2,1-2H3. The molecule has 0 amide bonds. The molecule has 0 aromatic carbocycles. The lowest BCUT2D eigenvalue weighted by Gasteiger charge is -2.26. The third-order valence-corrected chi connectivity index (χ3v) is 3.54. The molecule has 2 heterocycles. The van der Waals surface area contributed by atoms with Gasteiger partial charge in [0.2, 0.25) is 0 Å². The Morgan fingerprint density at radius 3 is 3.06 bits per heavy atom. The highest BCUT2D eigenvalue weighted by Gasteiger charge is 2.20. The number of hydrogen-bond acceptors (Lipinski definition) is 4.